The minimum atomic E-state index is -0.234. The molecule has 4 fully saturated rings. The molecule has 5 aliphatic rings. The molecule has 2 nitrogen and oxygen atoms in total. The SMILES string of the molecule is CC1(C)CC[C@]2(C)C[C@H](O)[C@]3(C)C(=C2C1)CC[C@@H]1[C@@]2(C)CC[C@H](O)C(C)(C)[C@@H]2CC[C@]13C. The molecule has 0 spiro atoms. The van der Waals surface area contributed by atoms with Crippen LogP contribution >= 0.6 is 0 Å². The van der Waals surface area contributed by atoms with E-state index in [4.69, 9.17) is 0 Å². The molecular formula is C30H50O2. The number of allylic oxidation sites excluding steroid dienone is 1. The van der Waals surface area contributed by atoms with Crippen LogP contribution in [0.1, 0.15) is 120 Å². The Bertz CT molecular complexity index is 838. The average Bonchev–Trinajstić information content (AvgIpc) is 2.68. The lowest BCUT2D eigenvalue weighted by molar-refractivity contribution is -0.221. The van der Waals surface area contributed by atoms with Gasteiger partial charge in [0.2, 0.25) is 0 Å². The zero-order valence-electron chi connectivity index (χ0n) is 22.3. The standard InChI is InChI=1S/C30H50O2/c1-25(2)15-16-27(5)18-24(32)30(8)19(20(27)17-25)9-10-22-28(6)13-12-23(31)26(3,4)21(28)11-14-29(22,30)7/h21-24,31-32H,9-18H2,1-8H3/t21-,22+,23-,24-,27+,28-,29+,30-/m0/s1. The highest BCUT2D eigenvalue weighted by Gasteiger charge is 2.69. The van der Waals surface area contributed by atoms with Gasteiger partial charge in [-0.1, -0.05) is 66.5 Å². The minimum absolute atomic E-state index is 0.00881. The smallest absolute Gasteiger partial charge is 0.0644 e. The monoisotopic (exact) mass is 442 g/mol. The largest absolute Gasteiger partial charge is 0.393 e. The molecule has 0 aliphatic heterocycles. The molecule has 0 bridgehead atoms. The summed E-state index contributed by atoms with van der Waals surface area (Å²) in [4.78, 5) is 0. The molecule has 0 aromatic heterocycles. The van der Waals surface area contributed by atoms with E-state index in [0.29, 0.717) is 17.3 Å². The Kier molecular flexibility index (Phi) is 4.87. The summed E-state index contributed by atoms with van der Waals surface area (Å²) in [5.74, 6) is 1.21. The van der Waals surface area contributed by atoms with Crippen LogP contribution in [0.2, 0.25) is 0 Å². The van der Waals surface area contributed by atoms with Crippen molar-refractivity contribution in [1.82, 2.24) is 0 Å². The van der Waals surface area contributed by atoms with Crippen molar-refractivity contribution in [2.45, 2.75) is 132 Å². The molecule has 2 N–H and O–H groups in total. The molecule has 5 aliphatic carbocycles. The van der Waals surface area contributed by atoms with E-state index < -0.39 is 0 Å². The lowest BCUT2D eigenvalue weighted by Crippen LogP contribution is -2.66. The molecule has 5 rings (SSSR count). The maximum absolute atomic E-state index is 12.0. The first-order valence-corrected chi connectivity index (χ1v) is 13.7. The molecule has 8 atom stereocenters. The average molecular weight is 443 g/mol. The van der Waals surface area contributed by atoms with E-state index in [1.54, 1.807) is 11.1 Å². The molecule has 0 heterocycles. The zero-order valence-corrected chi connectivity index (χ0v) is 22.3. The Morgan fingerprint density at radius 3 is 2.06 bits per heavy atom. The summed E-state index contributed by atoms with van der Waals surface area (Å²) >= 11 is 0. The third-order valence-corrected chi connectivity index (χ3v) is 12.9. The summed E-state index contributed by atoms with van der Waals surface area (Å²) in [6.07, 6.45) is 11.2. The summed E-state index contributed by atoms with van der Waals surface area (Å²) in [6.45, 7) is 19.6. The third kappa shape index (κ3) is 2.72. The first-order valence-electron chi connectivity index (χ1n) is 13.7. The molecule has 32 heavy (non-hydrogen) atoms. The predicted molar refractivity (Wildman–Crippen MR) is 132 cm³/mol. The van der Waals surface area contributed by atoms with Crippen LogP contribution in [0, 0.1) is 44.3 Å². The van der Waals surface area contributed by atoms with Gasteiger partial charge in [-0.2, -0.15) is 0 Å². The van der Waals surface area contributed by atoms with E-state index in [0.717, 1.165) is 19.3 Å². The Hall–Kier alpha value is -0.340. The van der Waals surface area contributed by atoms with Crippen molar-refractivity contribution in [3.8, 4) is 0 Å². The Balaban J connectivity index is 1.63. The van der Waals surface area contributed by atoms with Crippen LogP contribution in [0.3, 0.4) is 0 Å². The third-order valence-electron chi connectivity index (χ3n) is 12.9. The van der Waals surface area contributed by atoms with E-state index in [9.17, 15) is 10.2 Å². The van der Waals surface area contributed by atoms with Crippen LogP contribution in [0.15, 0.2) is 11.1 Å². The summed E-state index contributed by atoms with van der Waals surface area (Å²) in [5, 5.41) is 22.8. The number of hydrogen-bond donors (Lipinski definition) is 2. The van der Waals surface area contributed by atoms with Gasteiger partial charge >= 0.3 is 0 Å². The number of rotatable bonds is 0. The quantitative estimate of drug-likeness (QED) is 0.387. The number of fused-ring (bicyclic) bond motifs is 6. The first kappa shape index (κ1) is 23.4. The molecule has 0 radical (unpaired) electrons. The fourth-order valence-corrected chi connectivity index (χ4v) is 10.6. The van der Waals surface area contributed by atoms with Gasteiger partial charge in [0.25, 0.3) is 0 Å². The van der Waals surface area contributed by atoms with Crippen molar-refractivity contribution in [1.29, 1.82) is 0 Å². The summed E-state index contributed by atoms with van der Waals surface area (Å²) in [5.41, 5.74) is 4.29. The van der Waals surface area contributed by atoms with Gasteiger partial charge in [0, 0.05) is 5.41 Å². The Morgan fingerprint density at radius 1 is 0.688 bits per heavy atom. The lowest BCUT2D eigenvalue weighted by Gasteiger charge is -2.71. The maximum atomic E-state index is 12.0. The van der Waals surface area contributed by atoms with E-state index in [1.165, 1.54) is 44.9 Å². The molecule has 182 valence electrons. The molecule has 0 amide bonds. The van der Waals surface area contributed by atoms with Gasteiger partial charge < -0.3 is 10.2 Å². The van der Waals surface area contributed by atoms with Crippen molar-refractivity contribution in [2.75, 3.05) is 0 Å². The van der Waals surface area contributed by atoms with E-state index in [1.807, 2.05) is 0 Å². The Morgan fingerprint density at radius 2 is 1.38 bits per heavy atom. The molecule has 0 saturated heterocycles. The van der Waals surface area contributed by atoms with Gasteiger partial charge in [-0.3, -0.25) is 0 Å². The topological polar surface area (TPSA) is 40.5 Å². The van der Waals surface area contributed by atoms with Crippen LogP contribution in [-0.2, 0) is 0 Å². The number of aliphatic hydroxyl groups is 2. The summed E-state index contributed by atoms with van der Waals surface area (Å²) < 4.78 is 0. The highest BCUT2D eigenvalue weighted by atomic mass is 16.3. The van der Waals surface area contributed by atoms with Crippen molar-refractivity contribution in [3.05, 3.63) is 11.1 Å². The second-order valence-electron chi connectivity index (χ2n) is 15.3. The Labute approximate surface area is 197 Å². The van der Waals surface area contributed by atoms with Gasteiger partial charge in [0.1, 0.15) is 0 Å². The van der Waals surface area contributed by atoms with Gasteiger partial charge in [-0.05, 0) is 103 Å². The van der Waals surface area contributed by atoms with Crippen LogP contribution in [0.25, 0.3) is 0 Å². The van der Waals surface area contributed by atoms with Crippen molar-refractivity contribution in [2.24, 2.45) is 44.3 Å². The van der Waals surface area contributed by atoms with Crippen LogP contribution < -0.4 is 0 Å². The molecule has 0 aromatic rings. The molecule has 0 aromatic carbocycles. The van der Waals surface area contributed by atoms with Gasteiger partial charge in [0.05, 0.1) is 12.2 Å². The summed E-state index contributed by atoms with van der Waals surface area (Å²) in [7, 11) is 0. The van der Waals surface area contributed by atoms with Crippen molar-refractivity contribution < 1.29 is 10.2 Å². The summed E-state index contributed by atoms with van der Waals surface area (Å²) in [6, 6.07) is 0. The highest BCUT2D eigenvalue weighted by Crippen LogP contribution is 2.75. The zero-order chi connectivity index (χ0) is 23.5. The van der Waals surface area contributed by atoms with E-state index in [-0.39, 0.29) is 39.3 Å². The maximum Gasteiger partial charge on any atom is 0.0644 e. The molecular weight excluding hydrogens is 392 g/mol. The minimum Gasteiger partial charge on any atom is -0.393 e. The van der Waals surface area contributed by atoms with Gasteiger partial charge in [-0.15, -0.1) is 0 Å². The fraction of sp³-hybridized carbons (Fsp3) is 0.933. The van der Waals surface area contributed by atoms with E-state index >= 15 is 0 Å². The van der Waals surface area contributed by atoms with Gasteiger partial charge in [0.15, 0.2) is 0 Å². The second-order valence-corrected chi connectivity index (χ2v) is 15.3. The molecule has 4 saturated carbocycles. The van der Waals surface area contributed by atoms with Crippen LogP contribution in [-0.4, -0.2) is 22.4 Å². The van der Waals surface area contributed by atoms with Crippen LogP contribution in [0.4, 0.5) is 0 Å². The van der Waals surface area contributed by atoms with Crippen molar-refractivity contribution >= 4 is 0 Å². The number of aliphatic hydroxyl groups excluding tert-OH is 2. The second kappa shape index (κ2) is 6.66. The predicted octanol–water partition coefficient (Wildman–Crippen LogP) is 7.28. The molecule has 0 unspecified atom stereocenters. The van der Waals surface area contributed by atoms with E-state index in [2.05, 4.69) is 55.4 Å². The normalized spacial score (nSPS) is 54.2. The van der Waals surface area contributed by atoms with Gasteiger partial charge in [-0.25, -0.2) is 0 Å². The highest BCUT2D eigenvalue weighted by molar-refractivity contribution is 5.39. The number of hydrogen-bond acceptors (Lipinski definition) is 2. The lowest BCUT2D eigenvalue weighted by atomic mass is 9.33. The molecule has 2 heteroatoms. The fourth-order valence-electron chi connectivity index (χ4n) is 10.6. The van der Waals surface area contributed by atoms with Crippen molar-refractivity contribution in [3.63, 3.8) is 0 Å². The first-order chi connectivity index (χ1) is 14.6. The van der Waals surface area contributed by atoms with Crippen LogP contribution in [0.5, 0.6) is 0 Å².